The highest BCUT2D eigenvalue weighted by molar-refractivity contribution is 7.11. The van der Waals surface area contributed by atoms with Crippen molar-refractivity contribution in [3.63, 3.8) is 0 Å². The molecule has 0 aliphatic carbocycles. The Kier molecular flexibility index (Phi) is 2.91. The van der Waals surface area contributed by atoms with Gasteiger partial charge in [0.2, 0.25) is 0 Å². The van der Waals surface area contributed by atoms with E-state index < -0.39 is 0 Å². The molecule has 0 saturated carbocycles. The zero-order chi connectivity index (χ0) is 11.5. The summed E-state index contributed by atoms with van der Waals surface area (Å²) in [4.78, 5) is 4.06. The Hall–Kier alpha value is -1.83. The van der Waals surface area contributed by atoms with Gasteiger partial charge in [-0.3, -0.25) is 5.10 Å². The molecule has 2 aromatic rings. The zero-order valence-corrected chi connectivity index (χ0v) is 9.71. The predicted octanol–water partition coefficient (Wildman–Crippen LogP) is 1.03. The third-order valence-electron chi connectivity index (χ3n) is 2.07. The van der Waals surface area contributed by atoms with Gasteiger partial charge in [0.05, 0.1) is 13.2 Å². The Morgan fingerprint density at radius 2 is 2.44 bits per heavy atom. The number of nitrogen functional groups attached to an aromatic ring is 1. The molecule has 1 atom stereocenters. The lowest BCUT2D eigenvalue weighted by atomic mass is 10.3. The van der Waals surface area contributed by atoms with E-state index >= 15 is 0 Å². The topological polar surface area (TPSA) is 102 Å². The molecule has 0 amide bonds. The monoisotopic (exact) mass is 240 g/mol. The van der Waals surface area contributed by atoms with E-state index in [4.69, 9.17) is 10.5 Å². The van der Waals surface area contributed by atoms with E-state index in [1.165, 1.54) is 17.9 Å². The van der Waals surface area contributed by atoms with Crippen LogP contribution in [0.4, 0.5) is 10.8 Å². The van der Waals surface area contributed by atoms with Crippen molar-refractivity contribution in [2.75, 3.05) is 18.2 Å². The van der Waals surface area contributed by atoms with E-state index in [0.29, 0.717) is 11.6 Å². The molecule has 1 unspecified atom stereocenters. The Morgan fingerprint density at radius 3 is 3.06 bits per heavy atom. The molecule has 86 valence electrons. The first-order chi connectivity index (χ1) is 7.72. The van der Waals surface area contributed by atoms with Crippen molar-refractivity contribution in [2.24, 2.45) is 0 Å². The first kappa shape index (κ1) is 10.7. The lowest BCUT2D eigenvalue weighted by Gasteiger charge is -2.11. The molecule has 0 radical (unpaired) electrons. The summed E-state index contributed by atoms with van der Waals surface area (Å²) in [7, 11) is 1.56. The fourth-order valence-electron chi connectivity index (χ4n) is 1.27. The first-order valence-electron chi connectivity index (χ1n) is 4.63. The predicted molar refractivity (Wildman–Crippen MR) is 61.5 cm³/mol. The van der Waals surface area contributed by atoms with Gasteiger partial charge < -0.3 is 15.8 Å². The van der Waals surface area contributed by atoms with Crippen LogP contribution >= 0.6 is 11.5 Å². The van der Waals surface area contributed by atoms with Crippen LogP contribution in [0.25, 0.3) is 0 Å². The van der Waals surface area contributed by atoms with Crippen molar-refractivity contribution in [1.29, 1.82) is 0 Å². The van der Waals surface area contributed by atoms with Crippen LogP contribution in [-0.4, -0.2) is 26.7 Å². The van der Waals surface area contributed by atoms with Crippen LogP contribution in [0.2, 0.25) is 0 Å². The van der Waals surface area contributed by atoms with Crippen molar-refractivity contribution >= 4 is 22.4 Å². The maximum atomic E-state index is 5.64. The summed E-state index contributed by atoms with van der Waals surface area (Å²) in [5.74, 6) is 1.70. The Bertz CT molecular complexity index is 453. The van der Waals surface area contributed by atoms with Crippen molar-refractivity contribution in [3.8, 4) is 5.75 Å². The molecule has 0 saturated heterocycles. The summed E-state index contributed by atoms with van der Waals surface area (Å²) in [5, 5.41) is 10.6. The molecule has 0 aliphatic heterocycles. The first-order valence-corrected chi connectivity index (χ1v) is 5.40. The minimum Gasteiger partial charge on any atom is -0.490 e. The van der Waals surface area contributed by atoms with E-state index in [1.54, 1.807) is 7.11 Å². The van der Waals surface area contributed by atoms with Crippen LogP contribution in [0.3, 0.4) is 0 Å². The van der Waals surface area contributed by atoms with Gasteiger partial charge >= 0.3 is 0 Å². The van der Waals surface area contributed by atoms with Gasteiger partial charge in [-0.1, -0.05) is 0 Å². The number of nitrogens with one attached hydrogen (secondary N) is 2. The molecule has 2 heterocycles. The van der Waals surface area contributed by atoms with Crippen molar-refractivity contribution < 1.29 is 4.74 Å². The smallest absolute Gasteiger partial charge is 0.197 e. The van der Waals surface area contributed by atoms with Crippen molar-refractivity contribution in [1.82, 2.24) is 19.6 Å². The summed E-state index contributed by atoms with van der Waals surface area (Å²) in [6.45, 7) is 1.95. The third kappa shape index (κ3) is 1.91. The van der Waals surface area contributed by atoms with Crippen LogP contribution in [0, 0.1) is 0 Å². The normalized spacial score (nSPS) is 12.4. The van der Waals surface area contributed by atoms with Crippen LogP contribution in [0.15, 0.2) is 6.33 Å². The second-order valence-electron chi connectivity index (χ2n) is 3.17. The van der Waals surface area contributed by atoms with Gasteiger partial charge in [-0.25, -0.2) is 4.98 Å². The zero-order valence-electron chi connectivity index (χ0n) is 8.89. The second kappa shape index (κ2) is 4.35. The summed E-state index contributed by atoms with van der Waals surface area (Å²) in [6.07, 6.45) is 1.46. The number of anilines is 2. The number of hydrogen-bond acceptors (Lipinski definition) is 7. The maximum absolute atomic E-state index is 5.64. The second-order valence-corrected chi connectivity index (χ2v) is 3.94. The van der Waals surface area contributed by atoms with Gasteiger partial charge in [-0.15, -0.1) is 0 Å². The van der Waals surface area contributed by atoms with Crippen LogP contribution < -0.4 is 15.8 Å². The molecule has 0 aromatic carbocycles. The molecule has 2 rings (SSSR count). The average Bonchev–Trinajstić information content (AvgIpc) is 2.88. The number of nitrogens with two attached hydrogens (primary N) is 1. The molecule has 0 fully saturated rings. The Labute approximate surface area is 96.2 Å². The molecule has 8 heteroatoms. The quantitative estimate of drug-likeness (QED) is 0.737. The van der Waals surface area contributed by atoms with Gasteiger partial charge in [0, 0.05) is 0 Å². The standard InChI is InChI=1S/C8H12N6OS/c1-4(7-10-3-11-13-7)12-8-5(15-2)6(9)14-16-8/h3-4,12H,1-2H3,(H2,9,14)(H,10,11,13). The highest BCUT2D eigenvalue weighted by atomic mass is 32.1. The fraction of sp³-hybridized carbons (Fsp3) is 0.375. The van der Waals surface area contributed by atoms with Gasteiger partial charge in [0.1, 0.15) is 12.2 Å². The minimum absolute atomic E-state index is 0.0174. The molecule has 0 spiro atoms. The molecule has 0 bridgehead atoms. The molecule has 0 aliphatic rings. The maximum Gasteiger partial charge on any atom is 0.197 e. The van der Waals surface area contributed by atoms with Gasteiger partial charge in [0.15, 0.2) is 16.6 Å². The van der Waals surface area contributed by atoms with Crippen molar-refractivity contribution in [3.05, 3.63) is 12.2 Å². The number of nitrogens with zero attached hydrogens (tertiary/aromatic N) is 3. The fourth-order valence-corrected chi connectivity index (χ4v) is 2.04. The van der Waals surface area contributed by atoms with E-state index in [2.05, 4.69) is 24.9 Å². The van der Waals surface area contributed by atoms with Crippen molar-refractivity contribution in [2.45, 2.75) is 13.0 Å². The summed E-state index contributed by atoms with van der Waals surface area (Å²) in [5.41, 5.74) is 5.64. The lowest BCUT2D eigenvalue weighted by Crippen LogP contribution is -2.08. The van der Waals surface area contributed by atoms with E-state index in [-0.39, 0.29) is 6.04 Å². The molecule has 4 N–H and O–H groups in total. The van der Waals surface area contributed by atoms with Crippen LogP contribution in [0.1, 0.15) is 18.8 Å². The van der Waals surface area contributed by atoms with E-state index in [9.17, 15) is 0 Å². The van der Waals surface area contributed by atoms with Crippen LogP contribution in [-0.2, 0) is 0 Å². The number of hydrogen-bond donors (Lipinski definition) is 3. The SMILES string of the molecule is COc1c(N)nsc1NC(C)c1ncn[nH]1. The Balaban J connectivity index is 2.15. The number of H-pyrrole nitrogens is 1. The molecule has 7 nitrogen and oxygen atoms in total. The molecular weight excluding hydrogens is 228 g/mol. The highest BCUT2D eigenvalue weighted by Gasteiger charge is 2.16. The van der Waals surface area contributed by atoms with E-state index in [0.717, 1.165) is 10.8 Å². The van der Waals surface area contributed by atoms with Crippen LogP contribution in [0.5, 0.6) is 5.75 Å². The summed E-state index contributed by atoms with van der Waals surface area (Å²) in [6, 6.07) is -0.0174. The van der Waals surface area contributed by atoms with Gasteiger partial charge in [-0.2, -0.15) is 9.47 Å². The molecule has 2 aromatic heterocycles. The van der Waals surface area contributed by atoms with Gasteiger partial charge in [-0.05, 0) is 18.5 Å². The summed E-state index contributed by atoms with van der Waals surface area (Å²) >= 11 is 1.25. The Morgan fingerprint density at radius 1 is 1.62 bits per heavy atom. The highest BCUT2D eigenvalue weighted by Crippen LogP contribution is 2.36. The number of aromatic nitrogens is 4. The number of rotatable bonds is 4. The third-order valence-corrected chi connectivity index (χ3v) is 2.84. The number of aromatic amines is 1. The van der Waals surface area contributed by atoms with E-state index in [1.807, 2.05) is 6.92 Å². The summed E-state index contributed by atoms with van der Waals surface area (Å²) < 4.78 is 9.16. The minimum atomic E-state index is -0.0174. The largest absolute Gasteiger partial charge is 0.490 e. The average molecular weight is 240 g/mol. The lowest BCUT2D eigenvalue weighted by molar-refractivity contribution is 0.419. The number of ether oxygens (including phenoxy) is 1. The molecule has 16 heavy (non-hydrogen) atoms. The molecular formula is C8H12N6OS. The van der Waals surface area contributed by atoms with Gasteiger partial charge in [0.25, 0.3) is 0 Å². The number of methoxy groups -OCH3 is 1.